The zero-order valence-electron chi connectivity index (χ0n) is 13.4. The van der Waals surface area contributed by atoms with Crippen LogP contribution in [0.5, 0.6) is 5.75 Å². The normalized spacial score (nSPS) is 18.8. The molecule has 0 spiro atoms. The van der Waals surface area contributed by atoms with Crippen LogP contribution in [0.4, 0.5) is 8.78 Å². The van der Waals surface area contributed by atoms with Gasteiger partial charge in [-0.3, -0.25) is 4.98 Å². The van der Waals surface area contributed by atoms with Crippen molar-refractivity contribution in [1.29, 1.82) is 0 Å². The van der Waals surface area contributed by atoms with Crippen LogP contribution in [0.3, 0.4) is 0 Å². The molecule has 0 amide bonds. The van der Waals surface area contributed by atoms with Crippen LogP contribution in [-0.4, -0.2) is 27.0 Å². The van der Waals surface area contributed by atoms with Gasteiger partial charge in [0.15, 0.2) is 17.4 Å². The molecule has 0 N–H and O–H groups in total. The molecule has 3 aromatic rings. The van der Waals surface area contributed by atoms with Gasteiger partial charge in [0, 0.05) is 24.8 Å². The molecule has 0 unspecified atom stereocenters. The Morgan fingerprint density at radius 2 is 1.72 bits per heavy atom. The summed E-state index contributed by atoms with van der Waals surface area (Å²) in [5.41, 5.74) is 2.28. The van der Waals surface area contributed by atoms with E-state index < -0.39 is 11.6 Å². The van der Waals surface area contributed by atoms with Gasteiger partial charge in [0.25, 0.3) is 0 Å². The fourth-order valence-electron chi connectivity index (χ4n) is 2.95. The molecule has 1 fully saturated rings. The van der Waals surface area contributed by atoms with E-state index in [0.717, 1.165) is 17.5 Å². The van der Waals surface area contributed by atoms with Gasteiger partial charge >= 0.3 is 0 Å². The Labute approximate surface area is 142 Å². The van der Waals surface area contributed by atoms with Gasteiger partial charge in [-0.05, 0) is 41.5 Å². The Hall–Kier alpha value is -2.96. The molecule has 0 aliphatic heterocycles. The van der Waals surface area contributed by atoms with E-state index in [4.69, 9.17) is 4.74 Å². The summed E-state index contributed by atoms with van der Waals surface area (Å²) in [6, 6.07) is 2.79. The SMILES string of the molecule is COc1cc([C@H]2C[C@H]2c2cnc(-c3cnccn3)nc2)cc(F)c1F. The molecule has 0 radical (unpaired) electrons. The lowest BCUT2D eigenvalue weighted by molar-refractivity contribution is 0.371. The molecule has 1 aromatic carbocycles. The van der Waals surface area contributed by atoms with Crippen molar-refractivity contribution in [2.45, 2.75) is 18.3 Å². The predicted molar refractivity (Wildman–Crippen MR) is 86.1 cm³/mol. The summed E-state index contributed by atoms with van der Waals surface area (Å²) < 4.78 is 32.2. The van der Waals surface area contributed by atoms with E-state index in [1.54, 1.807) is 37.1 Å². The first-order valence-electron chi connectivity index (χ1n) is 7.78. The Kier molecular flexibility index (Phi) is 3.83. The summed E-state index contributed by atoms with van der Waals surface area (Å²) >= 11 is 0. The van der Waals surface area contributed by atoms with Crippen molar-refractivity contribution in [3.05, 3.63) is 65.9 Å². The molecule has 1 aliphatic carbocycles. The van der Waals surface area contributed by atoms with Crippen molar-refractivity contribution < 1.29 is 13.5 Å². The van der Waals surface area contributed by atoms with Crippen LogP contribution in [0, 0.1) is 11.6 Å². The van der Waals surface area contributed by atoms with Crippen LogP contribution in [-0.2, 0) is 0 Å². The number of methoxy groups -OCH3 is 1. The van der Waals surface area contributed by atoms with Crippen molar-refractivity contribution >= 4 is 0 Å². The van der Waals surface area contributed by atoms with Crippen molar-refractivity contribution in [2.75, 3.05) is 7.11 Å². The van der Waals surface area contributed by atoms with Crippen LogP contribution in [0.15, 0.2) is 43.1 Å². The summed E-state index contributed by atoms with van der Waals surface area (Å²) in [6.45, 7) is 0. The zero-order chi connectivity index (χ0) is 17.4. The maximum absolute atomic E-state index is 13.7. The average Bonchev–Trinajstić information content (AvgIpc) is 3.45. The second-order valence-corrected chi connectivity index (χ2v) is 5.90. The number of benzene rings is 1. The first-order chi connectivity index (χ1) is 12.2. The molecule has 0 bridgehead atoms. The molecule has 4 rings (SSSR count). The predicted octanol–water partition coefficient (Wildman–Crippen LogP) is 3.49. The molecule has 126 valence electrons. The number of aromatic nitrogens is 4. The minimum Gasteiger partial charge on any atom is -0.494 e. The molecule has 1 aliphatic rings. The lowest BCUT2D eigenvalue weighted by Crippen LogP contribution is -1.96. The van der Waals surface area contributed by atoms with Crippen molar-refractivity contribution in [1.82, 2.24) is 19.9 Å². The quantitative estimate of drug-likeness (QED) is 0.727. The summed E-state index contributed by atoms with van der Waals surface area (Å²) in [5.74, 6) is -1.13. The van der Waals surface area contributed by atoms with Crippen molar-refractivity contribution in [2.24, 2.45) is 0 Å². The van der Waals surface area contributed by atoms with E-state index in [1.165, 1.54) is 13.2 Å². The molecule has 5 nitrogen and oxygen atoms in total. The molecule has 7 heteroatoms. The molecule has 2 aromatic heterocycles. The highest BCUT2D eigenvalue weighted by Crippen LogP contribution is 2.55. The number of hydrogen-bond acceptors (Lipinski definition) is 5. The van der Waals surface area contributed by atoms with Gasteiger partial charge in [-0.15, -0.1) is 0 Å². The van der Waals surface area contributed by atoms with Gasteiger partial charge in [0.1, 0.15) is 5.69 Å². The van der Waals surface area contributed by atoms with Crippen LogP contribution in [0.25, 0.3) is 11.5 Å². The van der Waals surface area contributed by atoms with E-state index >= 15 is 0 Å². The second-order valence-electron chi connectivity index (χ2n) is 5.90. The van der Waals surface area contributed by atoms with Crippen LogP contribution < -0.4 is 4.74 Å². The van der Waals surface area contributed by atoms with Gasteiger partial charge < -0.3 is 4.74 Å². The van der Waals surface area contributed by atoms with E-state index in [0.29, 0.717) is 11.5 Å². The van der Waals surface area contributed by atoms with Gasteiger partial charge in [-0.1, -0.05) is 0 Å². The second kappa shape index (κ2) is 6.16. The molecule has 2 atom stereocenters. The zero-order valence-corrected chi connectivity index (χ0v) is 13.4. The van der Waals surface area contributed by atoms with Crippen molar-refractivity contribution in [3.63, 3.8) is 0 Å². The third kappa shape index (κ3) is 2.93. The Morgan fingerprint density at radius 3 is 2.40 bits per heavy atom. The van der Waals surface area contributed by atoms with E-state index in [1.807, 2.05) is 0 Å². The largest absolute Gasteiger partial charge is 0.494 e. The molecular formula is C18H14F2N4O. The summed E-state index contributed by atoms with van der Waals surface area (Å²) in [5, 5.41) is 0. The molecule has 2 heterocycles. The highest BCUT2D eigenvalue weighted by atomic mass is 19.2. The highest BCUT2D eigenvalue weighted by Gasteiger charge is 2.40. The third-order valence-corrected chi connectivity index (χ3v) is 4.35. The number of halogens is 2. The van der Waals surface area contributed by atoms with Gasteiger partial charge in [0.2, 0.25) is 5.82 Å². The molecule has 25 heavy (non-hydrogen) atoms. The van der Waals surface area contributed by atoms with Gasteiger partial charge in [0.05, 0.1) is 13.3 Å². The van der Waals surface area contributed by atoms with Crippen molar-refractivity contribution in [3.8, 4) is 17.3 Å². The van der Waals surface area contributed by atoms with Gasteiger partial charge in [-0.2, -0.15) is 4.39 Å². The highest BCUT2D eigenvalue weighted by molar-refractivity contribution is 5.47. The maximum Gasteiger partial charge on any atom is 0.200 e. The summed E-state index contributed by atoms with van der Waals surface area (Å²) in [7, 11) is 1.32. The summed E-state index contributed by atoms with van der Waals surface area (Å²) in [4.78, 5) is 16.8. The van der Waals surface area contributed by atoms with E-state index in [-0.39, 0.29) is 17.6 Å². The lowest BCUT2D eigenvalue weighted by Gasteiger charge is -2.07. The van der Waals surface area contributed by atoms with Crippen LogP contribution in [0.1, 0.15) is 29.4 Å². The molecule has 0 saturated heterocycles. The first-order valence-corrected chi connectivity index (χ1v) is 7.78. The Balaban J connectivity index is 1.55. The van der Waals surface area contributed by atoms with E-state index in [9.17, 15) is 8.78 Å². The standard InChI is InChI=1S/C18H14F2N4O/c1-25-16-5-10(4-14(19)17(16)20)12-6-13(12)11-7-23-18(24-8-11)15-9-21-2-3-22-15/h2-5,7-9,12-13H,6H2,1H3/t12-,13+/m1/s1. The lowest BCUT2D eigenvalue weighted by atomic mass is 10.1. The Bertz CT molecular complexity index is 903. The van der Waals surface area contributed by atoms with Crippen LogP contribution >= 0.6 is 0 Å². The smallest absolute Gasteiger partial charge is 0.200 e. The fourth-order valence-corrected chi connectivity index (χ4v) is 2.95. The monoisotopic (exact) mass is 340 g/mol. The average molecular weight is 340 g/mol. The maximum atomic E-state index is 13.7. The fraction of sp³-hybridized carbons (Fsp3) is 0.222. The number of nitrogens with zero attached hydrogens (tertiary/aromatic N) is 4. The molecule has 1 saturated carbocycles. The first kappa shape index (κ1) is 15.6. The number of rotatable bonds is 4. The van der Waals surface area contributed by atoms with Crippen LogP contribution in [0.2, 0.25) is 0 Å². The minimum atomic E-state index is -0.958. The number of ether oxygens (including phenoxy) is 1. The molecular weight excluding hydrogens is 326 g/mol. The third-order valence-electron chi connectivity index (χ3n) is 4.35. The minimum absolute atomic E-state index is 0.0742. The Morgan fingerprint density at radius 1 is 0.960 bits per heavy atom. The number of hydrogen-bond donors (Lipinski definition) is 0. The van der Waals surface area contributed by atoms with Gasteiger partial charge in [-0.25, -0.2) is 19.3 Å². The summed E-state index contributed by atoms with van der Waals surface area (Å²) in [6.07, 6.45) is 9.10. The van der Waals surface area contributed by atoms with E-state index in [2.05, 4.69) is 19.9 Å². The topological polar surface area (TPSA) is 60.8 Å².